The summed E-state index contributed by atoms with van der Waals surface area (Å²) in [7, 11) is 0. The third kappa shape index (κ3) is 5.27. The predicted molar refractivity (Wildman–Crippen MR) is 144 cm³/mol. The number of anilines is 2. The largest absolute Gasteiger partial charge is 0.338 e. The van der Waals surface area contributed by atoms with Gasteiger partial charge in [0, 0.05) is 37.0 Å². The van der Waals surface area contributed by atoms with Crippen LogP contribution in [0.1, 0.15) is 58.6 Å². The van der Waals surface area contributed by atoms with Crippen LogP contribution in [0, 0.1) is 5.82 Å². The summed E-state index contributed by atoms with van der Waals surface area (Å²) in [6, 6.07) is 16.4. The van der Waals surface area contributed by atoms with Crippen LogP contribution in [0.25, 0.3) is 0 Å². The summed E-state index contributed by atoms with van der Waals surface area (Å²) < 4.78 is 14.0. The van der Waals surface area contributed by atoms with Gasteiger partial charge in [-0.1, -0.05) is 24.3 Å². The molecule has 0 bridgehead atoms. The number of carbonyl (C=O) groups is 3. The highest BCUT2D eigenvalue weighted by molar-refractivity contribution is 6.05. The highest BCUT2D eigenvalue weighted by Crippen LogP contribution is 2.34. The number of benzene rings is 2. The molecule has 1 unspecified atom stereocenters. The summed E-state index contributed by atoms with van der Waals surface area (Å²) in [5.41, 5.74) is 4.80. The molecule has 1 atom stereocenters. The van der Waals surface area contributed by atoms with E-state index in [-0.39, 0.29) is 35.8 Å². The van der Waals surface area contributed by atoms with Crippen LogP contribution in [0.5, 0.6) is 0 Å². The molecule has 3 aromatic rings. The van der Waals surface area contributed by atoms with Gasteiger partial charge in [-0.15, -0.1) is 0 Å². The van der Waals surface area contributed by atoms with Gasteiger partial charge in [-0.25, -0.2) is 9.37 Å². The predicted octanol–water partition coefficient (Wildman–Crippen LogP) is 4.10. The zero-order chi connectivity index (χ0) is 26.9. The lowest BCUT2D eigenvalue weighted by Crippen LogP contribution is -2.52. The maximum Gasteiger partial charge on any atom is 0.255 e. The second-order valence-electron chi connectivity index (χ2n) is 10.5. The van der Waals surface area contributed by atoms with E-state index in [1.165, 1.54) is 11.6 Å². The van der Waals surface area contributed by atoms with Gasteiger partial charge >= 0.3 is 0 Å². The molecule has 0 saturated carbocycles. The topological polar surface area (TPSA) is 94.6 Å². The molecule has 0 aliphatic carbocycles. The van der Waals surface area contributed by atoms with E-state index in [2.05, 4.69) is 38.7 Å². The molecule has 2 aromatic carbocycles. The van der Waals surface area contributed by atoms with Crippen molar-refractivity contribution in [2.24, 2.45) is 0 Å². The minimum atomic E-state index is -0.592. The Hall–Kier alpha value is -4.11. The number of hydrogen-bond donors (Lipinski definition) is 2. The monoisotopic (exact) mass is 527 g/mol. The zero-order valence-electron chi connectivity index (χ0n) is 21.5. The molecule has 0 spiro atoms. The molecule has 1 aromatic heterocycles. The Balaban J connectivity index is 1.06. The van der Waals surface area contributed by atoms with E-state index in [1.54, 1.807) is 17.2 Å². The van der Waals surface area contributed by atoms with Crippen molar-refractivity contribution in [2.45, 2.75) is 50.7 Å². The minimum Gasteiger partial charge on any atom is -0.338 e. The Labute approximate surface area is 226 Å². The van der Waals surface area contributed by atoms with Crippen LogP contribution in [0.2, 0.25) is 0 Å². The van der Waals surface area contributed by atoms with Crippen LogP contribution in [-0.2, 0) is 22.7 Å². The van der Waals surface area contributed by atoms with Crippen molar-refractivity contribution < 1.29 is 18.8 Å². The number of carbonyl (C=O) groups excluding carboxylic acids is 3. The maximum atomic E-state index is 14.0. The molecule has 39 heavy (non-hydrogen) atoms. The van der Waals surface area contributed by atoms with Crippen LogP contribution in [-0.4, -0.2) is 51.6 Å². The number of nitrogens with one attached hydrogen (secondary N) is 2. The first-order chi connectivity index (χ1) is 18.9. The van der Waals surface area contributed by atoms with Gasteiger partial charge in [-0.05, 0) is 85.3 Å². The van der Waals surface area contributed by atoms with E-state index in [0.29, 0.717) is 24.4 Å². The summed E-state index contributed by atoms with van der Waals surface area (Å²) in [6.45, 7) is 3.12. The van der Waals surface area contributed by atoms with E-state index in [1.807, 2.05) is 24.3 Å². The number of nitrogens with zero attached hydrogens (tertiary/aromatic N) is 3. The van der Waals surface area contributed by atoms with Gasteiger partial charge in [-0.2, -0.15) is 0 Å². The lowest BCUT2D eigenvalue weighted by molar-refractivity contribution is -0.136. The molecular formula is C30H30FN5O3. The van der Waals surface area contributed by atoms with Crippen LogP contribution in [0.3, 0.4) is 0 Å². The molecule has 200 valence electrons. The second-order valence-corrected chi connectivity index (χ2v) is 10.5. The highest BCUT2D eigenvalue weighted by Gasteiger charge is 2.39. The fraction of sp³-hybridized carbons (Fsp3) is 0.333. The van der Waals surface area contributed by atoms with Crippen LogP contribution >= 0.6 is 0 Å². The molecule has 4 heterocycles. The Morgan fingerprint density at radius 2 is 1.85 bits per heavy atom. The van der Waals surface area contributed by atoms with E-state index in [0.717, 1.165) is 49.3 Å². The van der Waals surface area contributed by atoms with Crippen LogP contribution in [0.15, 0.2) is 60.8 Å². The normalized spacial score (nSPS) is 20.2. The summed E-state index contributed by atoms with van der Waals surface area (Å²) in [4.78, 5) is 44.9. The van der Waals surface area contributed by atoms with Crippen molar-refractivity contribution in [2.75, 3.05) is 18.4 Å². The Kier molecular flexibility index (Phi) is 6.83. The summed E-state index contributed by atoms with van der Waals surface area (Å²) in [6.07, 6.45) is 4.21. The van der Waals surface area contributed by atoms with Gasteiger partial charge in [0.2, 0.25) is 11.8 Å². The van der Waals surface area contributed by atoms with Crippen molar-refractivity contribution in [1.29, 1.82) is 0 Å². The molecule has 2 saturated heterocycles. The van der Waals surface area contributed by atoms with Crippen LogP contribution in [0.4, 0.5) is 15.9 Å². The second kappa shape index (κ2) is 10.6. The molecule has 2 fully saturated rings. The van der Waals surface area contributed by atoms with E-state index in [9.17, 15) is 18.8 Å². The van der Waals surface area contributed by atoms with E-state index >= 15 is 0 Å². The number of halogens is 1. The SMILES string of the molecule is O=C1CCC(N2Cc3cc(C4CCN(Cc5cccc(Nc6ncccc6F)c5)CC4)ccc3C2=O)C(=O)N1. The first kappa shape index (κ1) is 25.2. The van der Waals surface area contributed by atoms with Gasteiger partial charge in [-0.3, -0.25) is 24.6 Å². The fourth-order valence-corrected chi connectivity index (χ4v) is 5.89. The average Bonchev–Trinajstić information content (AvgIpc) is 3.26. The highest BCUT2D eigenvalue weighted by atomic mass is 19.1. The Morgan fingerprint density at radius 3 is 2.64 bits per heavy atom. The minimum absolute atomic E-state index is 0.136. The number of imide groups is 1. The molecule has 3 amide bonds. The number of pyridine rings is 1. The Bertz CT molecular complexity index is 1440. The average molecular weight is 528 g/mol. The first-order valence-corrected chi connectivity index (χ1v) is 13.4. The van der Waals surface area contributed by atoms with Crippen LogP contribution < -0.4 is 10.6 Å². The number of amides is 3. The van der Waals surface area contributed by atoms with Gasteiger partial charge in [0.1, 0.15) is 6.04 Å². The third-order valence-corrected chi connectivity index (χ3v) is 7.96. The summed E-state index contributed by atoms with van der Waals surface area (Å²) >= 11 is 0. The van der Waals surface area contributed by atoms with Gasteiger partial charge in [0.05, 0.1) is 0 Å². The smallest absolute Gasteiger partial charge is 0.255 e. The third-order valence-electron chi connectivity index (χ3n) is 7.96. The van der Waals surface area contributed by atoms with E-state index in [4.69, 9.17) is 0 Å². The molecule has 9 heteroatoms. The number of likely N-dealkylation sites (tertiary alicyclic amines) is 1. The molecule has 3 aliphatic heterocycles. The van der Waals surface area contributed by atoms with E-state index < -0.39 is 6.04 Å². The molecule has 0 radical (unpaired) electrons. The van der Waals surface area contributed by atoms with Crippen molar-refractivity contribution >= 4 is 29.2 Å². The summed E-state index contributed by atoms with van der Waals surface area (Å²) in [5.74, 6) is -0.561. The fourth-order valence-electron chi connectivity index (χ4n) is 5.89. The molecule has 8 nitrogen and oxygen atoms in total. The molecule has 6 rings (SSSR count). The van der Waals surface area contributed by atoms with Gasteiger partial charge in [0.15, 0.2) is 11.6 Å². The lowest BCUT2D eigenvalue weighted by Gasteiger charge is -2.32. The van der Waals surface area contributed by atoms with Gasteiger partial charge in [0.25, 0.3) is 5.91 Å². The van der Waals surface area contributed by atoms with Crippen molar-refractivity contribution in [3.63, 3.8) is 0 Å². The molecule has 2 N–H and O–H groups in total. The lowest BCUT2D eigenvalue weighted by atomic mass is 9.87. The Morgan fingerprint density at radius 1 is 1.00 bits per heavy atom. The summed E-state index contributed by atoms with van der Waals surface area (Å²) in [5, 5.41) is 5.42. The number of rotatable bonds is 6. The van der Waals surface area contributed by atoms with Crippen molar-refractivity contribution in [1.82, 2.24) is 20.1 Å². The maximum absolute atomic E-state index is 14.0. The number of hydrogen-bond acceptors (Lipinski definition) is 6. The first-order valence-electron chi connectivity index (χ1n) is 13.4. The quantitative estimate of drug-likeness (QED) is 0.469. The molecule has 3 aliphatic rings. The zero-order valence-corrected chi connectivity index (χ0v) is 21.5. The molecular weight excluding hydrogens is 497 g/mol. The number of piperidine rings is 2. The van der Waals surface area contributed by atoms with Gasteiger partial charge < -0.3 is 10.2 Å². The number of fused-ring (bicyclic) bond motifs is 1. The van der Waals surface area contributed by atoms with Crippen molar-refractivity contribution in [3.05, 3.63) is 88.9 Å². The number of aromatic nitrogens is 1. The standard InChI is InChI=1S/C30H30FN5O3/c31-25-5-2-12-32-28(25)33-23-4-1-3-19(15-23)17-35-13-10-20(11-14-35)21-6-7-24-22(16-21)18-36(30(24)39)26-8-9-27(37)34-29(26)38/h1-7,12,15-16,20,26H,8-11,13-14,17-18H2,(H,32,33)(H,34,37,38). The van der Waals surface area contributed by atoms with Crippen molar-refractivity contribution in [3.8, 4) is 0 Å².